The Morgan fingerprint density at radius 3 is 2.88 bits per heavy atom. The van der Waals surface area contributed by atoms with Gasteiger partial charge in [0.2, 0.25) is 5.91 Å². The van der Waals surface area contributed by atoms with Crippen LogP contribution in [0, 0.1) is 0 Å². The van der Waals surface area contributed by atoms with Crippen molar-refractivity contribution in [2.45, 2.75) is 38.6 Å². The molecule has 1 fully saturated rings. The second-order valence-electron chi connectivity index (χ2n) is 4.07. The van der Waals surface area contributed by atoms with Gasteiger partial charge in [0.05, 0.1) is 7.11 Å². The first-order chi connectivity index (χ1) is 7.67. The Morgan fingerprint density at radius 1 is 1.50 bits per heavy atom. The summed E-state index contributed by atoms with van der Waals surface area (Å²) in [5.74, 6) is 0.0687. The van der Waals surface area contributed by atoms with Gasteiger partial charge in [-0.15, -0.1) is 0 Å². The van der Waals surface area contributed by atoms with E-state index in [0.29, 0.717) is 19.5 Å². The number of piperidine rings is 1. The number of nitrogens with one attached hydrogen (secondary N) is 1. The lowest BCUT2D eigenvalue weighted by molar-refractivity contribution is -0.122. The molecule has 0 aliphatic carbocycles. The molecule has 5 heteroatoms. The Kier molecular flexibility index (Phi) is 5.08. The van der Waals surface area contributed by atoms with Gasteiger partial charge in [0.25, 0.3) is 0 Å². The Balaban J connectivity index is 2.38. The predicted molar refractivity (Wildman–Crippen MR) is 60.1 cm³/mol. The minimum absolute atomic E-state index is 0.0687. The summed E-state index contributed by atoms with van der Waals surface area (Å²) < 4.78 is 4.66. The van der Waals surface area contributed by atoms with Crippen LogP contribution in [0.3, 0.4) is 0 Å². The summed E-state index contributed by atoms with van der Waals surface area (Å²) >= 11 is 0. The number of rotatable bonds is 3. The van der Waals surface area contributed by atoms with E-state index in [9.17, 15) is 9.59 Å². The highest BCUT2D eigenvalue weighted by Gasteiger charge is 2.24. The van der Waals surface area contributed by atoms with Crippen molar-refractivity contribution in [3.63, 3.8) is 0 Å². The van der Waals surface area contributed by atoms with Crippen LogP contribution in [0.25, 0.3) is 0 Å². The van der Waals surface area contributed by atoms with E-state index >= 15 is 0 Å². The lowest BCUT2D eigenvalue weighted by Gasteiger charge is -2.32. The lowest BCUT2D eigenvalue weighted by Crippen LogP contribution is -2.49. The van der Waals surface area contributed by atoms with Gasteiger partial charge >= 0.3 is 6.09 Å². The average molecular weight is 228 g/mol. The summed E-state index contributed by atoms with van der Waals surface area (Å²) in [5.41, 5.74) is 0. The van der Waals surface area contributed by atoms with Crippen LogP contribution in [-0.2, 0) is 9.53 Å². The number of methoxy groups -OCH3 is 1. The SMILES string of the molecule is CCCC(=O)NC1CCCN(C(=O)OC)C1. The number of nitrogens with zero attached hydrogens (tertiary/aromatic N) is 1. The minimum atomic E-state index is -0.311. The van der Waals surface area contributed by atoms with E-state index in [0.717, 1.165) is 19.3 Å². The first-order valence-electron chi connectivity index (χ1n) is 5.79. The maximum atomic E-state index is 11.4. The molecule has 1 aliphatic rings. The van der Waals surface area contributed by atoms with Crippen LogP contribution >= 0.6 is 0 Å². The largest absolute Gasteiger partial charge is 0.453 e. The second-order valence-corrected chi connectivity index (χ2v) is 4.07. The van der Waals surface area contributed by atoms with Crippen molar-refractivity contribution in [1.29, 1.82) is 0 Å². The minimum Gasteiger partial charge on any atom is -0.453 e. The van der Waals surface area contributed by atoms with E-state index in [-0.39, 0.29) is 18.0 Å². The zero-order chi connectivity index (χ0) is 12.0. The third-order valence-corrected chi connectivity index (χ3v) is 2.70. The van der Waals surface area contributed by atoms with Gasteiger partial charge in [-0.05, 0) is 19.3 Å². The van der Waals surface area contributed by atoms with E-state index in [1.165, 1.54) is 7.11 Å². The Morgan fingerprint density at radius 2 is 2.25 bits per heavy atom. The first-order valence-corrected chi connectivity index (χ1v) is 5.79. The summed E-state index contributed by atoms with van der Waals surface area (Å²) in [7, 11) is 1.38. The zero-order valence-electron chi connectivity index (χ0n) is 9.99. The van der Waals surface area contributed by atoms with Gasteiger partial charge in [0.1, 0.15) is 0 Å². The molecule has 0 aromatic heterocycles. The molecule has 1 atom stereocenters. The fraction of sp³-hybridized carbons (Fsp3) is 0.818. The Hall–Kier alpha value is -1.26. The highest BCUT2D eigenvalue weighted by molar-refractivity contribution is 5.76. The molecule has 0 saturated carbocycles. The van der Waals surface area contributed by atoms with Gasteiger partial charge in [-0.2, -0.15) is 0 Å². The van der Waals surface area contributed by atoms with Crippen LogP contribution in [-0.4, -0.2) is 43.1 Å². The predicted octanol–water partition coefficient (Wildman–Crippen LogP) is 1.13. The molecule has 0 aromatic rings. The van der Waals surface area contributed by atoms with Crippen LogP contribution in [0.4, 0.5) is 4.79 Å². The number of hydrogen-bond donors (Lipinski definition) is 1. The molecule has 92 valence electrons. The molecular formula is C11H20N2O3. The molecule has 1 unspecified atom stereocenters. The number of amides is 2. The van der Waals surface area contributed by atoms with Crippen molar-refractivity contribution in [2.24, 2.45) is 0 Å². The van der Waals surface area contributed by atoms with Crippen molar-refractivity contribution in [2.75, 3.05) is 20.2 Å². The molecule has 1 saturated heterocycles. The van der Waals surface area contributed by atoms with E-state index in [1.807, 2.05) is 6.92 Å². The first kappa shape index (κ1) is 12.8. The summed E-state index contributed by atoms with van der Waals surface area (Å²) in [5, 5.41) is 2.94. The number of ether oxygens (including phenoxy) is 1. The summed E-state index contributed by atoms with van der Waals surface area (Å²) in [4.78, 5) is 24.4. The normalized spacial score (nSPS) is 20.4. The number of carbonyl (C=O) groups excluding carboxylic acids is 2. The lowest BCUT2D eigenvalue weighted by atomic mass is 10.1. The van der Waals surface area contributed by atoms with Gasteiger partial charge in [-0.25, -0.2) is 4.79 Å². The van der Waals surface area contributed by atoms with E-state index in [2.05, 4.69) is 10.1 Å². The van der Waals surface area contributed by atoms with Crippen LogP contribution in [0.5, 0.6) is 0 Å². The monoisotopic (exact) mass is 228 g/mol. The molecule has 0 aromatic carbocycles. The van der Waals surface area contributed by atoms with Crippen molar-refractivity contribution in [1.82, 2.24) is 10.2 Å². The molecular weight excluding hydrogens is 208 g/mol. The molecule has 1 heterocycles. The molecule has 0 radical (unpaired) electrons. The van der Waals surface area contributed by atoms with Crippen LogP contribution < -0.4 is 5.32 Å². The van der Waals surface area contributed by atoms with Gasteiger partial charge < -0.3 is 15.0 Å². The highest BCUT2D eigenvalue weighted by atomic mass is 16.5. The molecule has 0 bridgehead atoms. The fourth-order valence-electron chi connectivity index (χ4n) is 1.92. The van der Waals surface area contributed by atoms with E-state index < -0.39 is 0 Å². The molecule has 0 spiro atoms. The van der Waals surface area contributed by atoms with Crippen molar-refractivity contribution >= 4 is 12.0 Å². The van der Waals surface area contributed by atoms with Crippen LogP contribution in [0.2, 0.25) is 0 Å². The highest BCUT2D eigenvalue weighted by Crippen LogP contribution is 2.11. The van der Waals surface area contributed by atoms with E-state index in [4.69, 9.17) is 0 Å². The van der Waals surface area contributed by atoms with Crippen molar-refractivity contribution in [3.05, 3.63) is 0 Å². The van der Waals surface area contributed by atoms with Gasteiger partial charge in [0.15, 0.2) is 0 Å². The van der Waals surface area contributed by atoms with Gasteiger partial charge in [-0.3, -0.25) is 4.79 Å². The topological polar surface area (TPSA) is 58.6 Å². The number of carbonyl (C=O) groups is 2. The molecule has 5 nitrogen and oxygen atoms in total. The standard InChI is InChI=1S/C11H20N2O3/c1-3-5-10(14)12-9-6-4-7-13(8-9)11(15)16-2/h9H,3-8H2,1-2H3,(H,12,14). The molecule has 2 amide bonds. The molecule has 16 heavy (non-hydrogen) atoms. The second kappa shape index (κ2) is 6.35. The number of likely N-dealkylation sites (tertiary alicyclic amines) is 1. The maximum absolute atomic E-state index is 11.4. The van der Waals surface area contributed by atoms with Crippen LogP contribution in [0.1, 0.15) is 32.6 Å². The number of hydrogen-bond acceptors (Lipinski definition) is 3. The molecule has 1 N–H and O–H groups in total. The third kappa shape index (κ3) is 3.72. The van der Waals surface area contributed by atoms with Crippen LogP contribution in [0.15, 0.2) is 0 Å². The average Bonchev–Trinajstić information content (AvgIpc) is 2.28. The summed E-state index contributed by atoms with van der Waals surface area (Å²) in [6, 6.07) is 0.0758. The quantitative estimate of drug-likeness (QED) is 0.788. The zero-order valence-corrected chi connectivity index (χ0v) is 9.99. The van der Waals surface area contributed by atoms with Crippen molar-refractivity contribution in [3.8, 4) is 0 Å². The van der Waals surface area contributed by atoms with Gasteiger partial charge in [-0.1, -0.05) is 6.92 Å². The third-order valence-electron chi connectivity index (χ3n) is 2.70. The Bertz CT molecular complexity index is 256. The summed E-state index contributed by atoms with van der Waals surface area (Å²) in [6.07, 6.45) is 2.93. The fourth-order valence-corrected chi connectivity index (χ4v) is 1.92. The smallest absolute Gasteiger partial charge is 0.409 e. The van der Waals surface area contributed by atoms with Crippen molar-refractivity contribution < 1.29 is 14.3 Å². The summed E-state index contributed by atoms with van der Waals surface area (Å²) in [6.45, 7) is 3.25. The molecule has 1 rings (SSSR count). The van der Waals surface area contributed by atoms with Gasteiger partial charge in [0, 0.05) is 25.6 Å². The maximum Gasteiger partial charge on any atom is 0.409 e. The van der Waals surface area contributed by atoms with E-state index in [1.54, 1.807) is 4.90 Å². The Labute approximate surface area is 96.1 Å². The molecule has 1 aliphatic heterocycles.